The van der Waals surface area contributed by atoms with E-state index in [1.807, 2.05) is 54.8 Å². The van der Waals surface area contributed by atoms with Gasteiger partial charge in [-0.15, -0.1) is 11.3 Å². The van der Waals surface area contributed by atoms with Crippen molar-refractivity contribution in [3.63, 3.8) is 0 Å². The number of carbonyl (C=O) groups excluding carboxylic acids is 1. The average molecular weight is 271 g/mol. The molecule has 1 atom stereocenters. The second-order valence-corrected chi connectivity index (χ2v) is 5.31. The first kappa shape index (κ1) is 12.0. The third-order valence-corrected chi connectivity index (χ3v) is 3.83. The molecular formula is C15H13NO2S. The molecule has 0 spiro atoms. The molecule has 0 aliphatic rings. The second-order valence-electron chi connectivity index (χ2n) is 4.36. The predicted molar refractivity (Wildman–Crippen MR) is 76.4 cm³/mol. The SMILES string of the molecule is C[C@@H](NC(=O)c1cccs1)c1cc2ccccc2o1. The molecule has 1 aromatic carbocycles. The Morgan fingerprint density at radius 2 is 2.11 bits per heavy atom. The van der Waals surface area contributed by atoms with Gasteiger partial charge in [-0.2, -0.15) is 0 Å². The van der Waals surface area contributed by atoms with Crippen LogP contribution in [0.25, 0.3) is 11.0 Å². The summed E-state index contributed by atoms with van der Waals surface area (Å²) in [4.78, 5) is 12.7. The molecule has 0 saturated heterocycles. The Labute approximate surface area is 114 Å². The van der Waals surface area contributed by atoms with Crippen molar-refractivity contribution in [3.8, 4) is 0 Å². The Bertz CT molecular complexity index is 667. The molecule has 3 rings (SSSR count). The Hall–Kier alpha value is -2.07. The Balaban J connectivity index is 1.80. The van der Waals surface area contributed by atoms with Crippen LogP contribution in [0, 0.1) is 0 Å². The zero-order valence-corrected chi connectivity index (χ0v) is 11.2. The summed E-state index contributed by atoms with van der Waals surface area (Å²) in [5, 5.41) is 5.88. The lowest BCUT2D eigenvalue weighted by molar-refractivity contribution is 0.0940. The number of nitrogens with one attached hydrogen (secondary N) is 1. The van der Waals surface area contributed by atoms with Gasteiger partial charge in [-0.3, -0.25) is 4.79 Å². The van der Waals surface area contributed by atoms with E-state index in [9.17, 15) is 4.79 Å². The van der Waals surface area contributed by atoms with Crippen molar-refractivity contribution < 1.29 is 9.21 Å². The maximum Gasteiger partial charge on any atom is 0.261 e. The van der Waals surface area contributed by atoms with Crippen molar-refractivity contribution in [1.82, 2.24) is 5.32 Å². The molecule has 2 heterocycles. The predicted octanol–water partition coefficient (Wildman–Crippen LogP) is 3.99. The lowest BCUT2D eigenvalue weighted by Gasteiger charge is -2.10. The Morgan fingerprint density at radius 1 is 1.26 bits per heavy atom. The first-order chi connectivity index (χ1) is 9.24. The summed E-state index contributed by atoms with van der Waals surface area (Å²) in [6.07, 6.45) is 0. The van der Waals surface area contributed by atoms with E-state index in [-0.39, 0.29) is 11.9 Å². The van der Waals surface area contributed by atoms with Gasteiger partial charge >= 0.3 is 0 Å². The molecular weight excluding hydrogens is 258 g/mol. The third kappa shape index (κ3) is 2.39. The maximum atomic E-state index is 12.0. The van der Waals surface area contributed by atoms with Crippen LogP contribution in [-0.4, -0.2) is 5.91 Å². The number of thiophene rings is 1. The van der Waals surface area contributed by atoms with Crippen LogP contribution in [0.5, 0.6) is 0 Å². The van der Waals surface area contributed by atoms with Gasteiger partial charge in [0.25, 0.3) is 5.91 Å². The highest BCUT2D eigenvalue weighted by atomic mass is 32.1. The highest BCUT2D eigenvalue weighted by molar-refractivity contribution is 7.12. The van der Waals surface area contributed by atoms with Crippen LogP contribution in [-0.2, 0) is 0 Å². The van der Waals surface area contributed by atoms with Crippen LogP contribution < -0.4 is 5.32 Å². The first-order valence-corrected chi connectivity index (χ1v) is 6.95. The summed E-state index contributed by atoms with van der Waals surface area (Å²) in [7, 11) is 0. The quantitative estimate of drug-likeness (QED) is 0.782. The summed E-state index contributed by atoms with van der Waals surface area (Å²) in [6.45, 7) is 1.92. The van der Waals surface area contributed by atoms with Gasteiger partial charge in [-0.05, 0) is 30.5 Å². The molecule has 4 heteroatoms. The topological polar surface area (TPSA) is 42.2 Å². The molecule has 0 fully saturated rings. The number of para-hydroxylation sites is 1. The van der Waals surface area contributed by atoms with Gasteiger partial charge in [-0.25, -0.2) is 0 Å². The molecule has 0 aliphatic heterocycles. The molecule has 0 radical (unpaired) electrons. The maximum absolute atomic E-state index is 12.0. The van der Waals surface area contributed by atoms with Crippen LogP contribution in [0.2, 0.25) is 0 Å². The Kier molecular flexibility index (Phi) is 3.09. The lowest BCUT2D eigenvalue weighted by Crippen LogP contribution is -2.25. The fourth-order valence-electron chi connectivity index (χ4n) is 1.96. The molecule has 96 valence electrons. The van der Waals surface area contributed by atoms with Crippen molar-refractivity contribution in [1.29, 1.82) is 0 Å². The third-order valence-electron chi connectivity index (χ3n) is 2.96. The van der Waals surface area contributed by atoms with Gasteiger partial charge in [0.05, 0.1) is 10.9 Å². The number of benzene rings is 1. The largest absolute Gasteiger partial charge is 0.459 e. The fourth-order valence-corrected chi connectivity index (χ4v) is 2.59. The highest BCUT2D eigenvalue weighted by Gasteiger charge is 2.15. The van der Waals surface area contributed by atoms with Gasteiger partial charge < -0.3 is 9.73 Å². The van der Waals surface area contributed by atoms with Crippen molar-refractivity contribution in [2.45, 2.75) is 13.0 Å². The number of fused-ring (bicyclic) bond motifs is 1. The minimum atomic E-state index is -0.151. The zero-order chi connectivity index (χ0) is 13.2. The number of hydrogen-bond acceptors (Lipinski definition) is 3. The molecule has 0 unspecified atom stereocenters. The van der Waals surface area contributed by atoms with Crippen LogP contribution in [0.15, 0.2) is 52.3 Å². The first-order valence-electron chi connectivity index (χ1n) is 6.07. The average Bonchev–Trinajstić information content (AvgIpc) is 3.07. The summed E-state index contributed by atoms with van der Waals surface area (Å²) >= 11 is 1.43. The monoisotopic (exact) mass is 271 g/mol. The number of furan rings is 1. The normalized spacial score (nSPS) is 12.5. The number of rotatable bonds is 3. The van der Waals surface area contributed by atoms with E-state index in [2.05, 4.69) is 5.32 Å². The van der Waals surface area contributed by atoms with E-state index >= 15 is 0 Å². The number of carbonyl (C=O) groups is 1. The molecule has 0 aliphatic carbocycles. The molecule has 3 aromatic rings. The summed E-state index contributed by atoms with van der Waals surface area (Å²) in [6, 6.07) is 13.3. The van der Waals surface area contributed by atoms with E-state index in [0.29, 0.717) is 4.88 Å². The minimum absolute atomic E-state index is 0.0667. The molecule has 1 amide bonds. The summed E-state index contributed by atoms with van der Waals surface area (Å²) in [5.41, 5.74) is 0.842. The van der Waals surface area contributed by atoms with E-state index in [0.717, 1.165) is 16.7 Å². The van der Waals surface area contributed by atoms with Gasteiger partial charge in [0.1, 0.15) is 11.3 Å². The lowest BCUT2D eigenvalue weighted by atomic mass is 10.2. The Morgan fingerprint density at radius 3 is 2.84 bits per heavy atom. The van der Waals surface area contributed by atoms with Crippen molar-refractivity contribution in [3.05, 3.63) is 58.5 Å². The molecule has 0 saturated carbocycles. The van der Waals surface area contributed by atoms with E-state index in [1.165, 1.54) is 11.3 Å². The standard InChI is InChI=1S/C15H13NO2S/c1-10(16-15(17)14-7-4-8-19-14)13-9-11-5-2-3-6-12(11)18-13/h2-10H,1H3,(H,16,17)/t10-/m1/s1. The summed E-state index contributed by atoms with van der Waals surface area (Å²) < 4.78 is 5.74. The second kappa shape index (κ2) is 4.90. The smallest absolute Gasteiger partial charge is 0.261 e. The van der Waals surface area contributed by atoms with Crippen molar-refractivity contribution in [2.75, 3.05) is 0 Å². The molecule has 1 N–H and O–H groups in total. The van der Waals surface area contributed by atoms with Gasteiger partial charge in [0.15, 0.2) is 0 Å². The van der Waals surface area contributed by atoms with Gasteiger partial charge in [0, 0.05) is 5.39 Å². The van der Waals surface area contributed by atoms with E-state index in [4.69, 9.17) is 4.42 Å². The molecule has 2 aromatic heterocycles. The van der Waals surface area contributed by atoms with Crippen LogP contribution in [0.3, 0.4) is 0 Å². The highest BCUT2D eigenvalue weighted by Crippen LogP contribution is 2.24. The van der Waals surface area contributed by atoms with E-state index in [1.54, 1.807) is 0 Å². The van der Waals surface area contributed by atoms with Crippen LogP contribution >= 0.6 is 11.3 Å². The molecule has 3 nitrogen and oxygen atoms in total. The fraction of sp³-hybridized carbons (Fsp3) is 0.133. The van der Waals surface area contributed by atoms with Crippen molar-refractivity contribution >= 4 is 28.2 Å². The molecule has 19 heavy (non-hydrogen) atoms. The van der Waals surface area contributed by atoms with Gasteiger partial charge in [0.2, 0.25) is 0 Å². The van der Waals surface area contributed by atoms with Crippen molar-refractivity contribution in [2.24, 2.45) is 0 Å². The number of hydrogen-bond donors (Lipinski definition) is 1. The van der Waals surface area contributed by atoms with Gasteiger partial charge in [-0.1, -0.05) is 24.3 Å². The number of amides is 1. The van der Waals surface area contributed by atoms with Crippen LogP contribution in [0.1, 0.15) is 28.4 Å². The molecule has 0 bridgehead atoms. The van der Waals surface area contributed by atoms with Crippen LogP contribution in [0.4, 0.5) is 0 Å². The minimum Gasteiger partial charge on any atom is -0.459 e. The summed E-state index contributed by atoms with van der Waals surface area (Å²) in [5.74, 6) is 0.703. The van der Waals surface area contributed by atoms with E-state index < -0.39 is 0 Å². The zero-order valence-electron chi connectivity index (χ0n) is 10.4.